The molecule has 0 spiro atoms. The second kappa shape index (κ2) is 6.03. The third-order valence-corrected chi connectivity index (χ3v) is 4.91. The van der Waals surface area contributed by atoms with Crippen LogP contribution < -0.4 is 16.0 Å². The number of rotatable bonds is 3. The maximum atomic E-state index is 13.3. The second-order valence-corrected chi connectivity index (χ2v) is 8.62. The molecule has 2 fully saturated rings. The molecule has 0 bridgehead atoms. The Morgan fingerprint density at radius 3 is 2.46 bits per heavy atom. The van der Waals surface area contributed by atoms with E-state index in [2.05, 4.69) is 43.6 Å². The Bertz CT molecular complexity index is 613. The highest BCUT2D eigenvalue weighted by molar-refractivity contribution is 5.75. The number of urea groups is 1. The number of carbonyl (C=O) groups excluding carboxylic acids is 1. The van der Waals surface area contributed by atoms with Gasteiger partial charge in [-0.25, -0.2) is 9.18 Å². The number of halogens is 1. The average Bonchev–Trinajstić information content (AvgIpc) is 3.13. The highest BCUT2D eigenvalue weighted by Crippen LogP contribution is 2.40. The fourth-order valence-electron chi connectivity index (χ4n) is 4.28. The molecule has 132 valence electrons. The van der Waals surface area contributed by atoms with Crippen LogP contribution in [0.1, 0.15) is 58.4 Å². The Balaban J connectivity index is 1.52. The van der Waals surface area contributed by atoms with Gasteiger partial charge in [0.2, 0.25) is 0 Å². The minimum absolute atomic E-state index is 0.00335. The number of carbonyl (C=O) groups is 1. The fourth-order valence-corrected chi connectivity index (χ4v) is 4.28. The zero-order valence-electron chi connectivity index (χ0n) is 14.9. The molecular weight excluding hydrogens is 305 g/mol. The Hall–Kier alpha value is -1.62. The summed E-state index contributed by atoms with van der Waals surface area (Å²) in [7, 11) is 0. The van der Waals surface area contributed by atoms with Crippen LogP contribution in [0, 0.1) is 5.82 Å². The van der Waals surface area contributed by atoms with Gasteiger partial charge in [0.1, 0.15) is 5.82 Å². The third kappa shape index (κ3) is 4.26. The minimum atomic E-state index is -0.221. The lowest BCUT2D eigenvalue weighted by molar-refractivity contribution is 0.147. The van der Waals surface area contributed by atoms with E-state index in [9.17, 15) is 9.18 Å². The van der Waals surface area contributed by atoms with Gasteiger partial charge in [-0.1, -0.05) is 12.1 Å². The molecule has 0 radical (unpaired) electrons. The van der Waals surface area contributed by atoms with Crippen LogP contribution in [-0.2, 0) is 0 Å². The van der Waals surface area contributed by atoms with E-state index >= 15 is 0 Å². The summed E-state index contributed by atoms with van der Waals surface area (Å²) in [5, 5.41) is 9.77. The van der Waals surface area contributed by atoms with Crippen molar-refractivity contribution in [2.75, 3.05) is 0 Å². The van der Waals surface area contributed by atoms with E-state index in [-0.39, 0.29) is 40.9 Å². The number of nitrogens with one attached hydrogen (secondary N) is 3. The molecule has 24 heavy (non-hydrogen) atoms. The first-order valence-corrected chi connectivity index (χ1v) is 8.75. The SMILES string of the molecule is CC1(C)CC(NC(=O)N[C@H]2C[C@@H]2c2cccc(F)c2)CC(C)(C)N1. The van der Waals surface area contributed by atoms with E-state index in [1.54, 1.807) is 12.1 Å². The Morgan fingerprint density at radius 1 is 1.17 bits per heavy atom. The van der Waals surface area contributed by atoms with Crippen molar-refractivity contribution < 1.29 is 9.18 Å². The van der Waals surface area contributed by atoms with Gasteiger partial charge < -0.3 is 16.0 Å². The molecule has 1 aliphatic heterocycles. The van der Waals surface area contributed by atoms with Crippen LogP contribution >= 0.6 is 0 Å². The van der Waals surface area contributed by atoms with Gasteiger partial charge in [-0.2, -0.15) is 0 Å². The predicted molar refractivity (Wildman–Crippen MR) is 93.5 cm³/mol. The van der Waals surface area contributed by atoms with Crippen molar-refractivity contribution in [3.63, 3.8) is 0 Å². The average molecular weight is 333 g/mol. The fraction of sp³-hybridized carbons (Fsp3) is 0.632. The van der Waals surface area contributed by atoms with Crippen LogP contribution in [0.2, 0.25) is 0 Å². The zero-order chi connectivity index (χ0) is 17.5. The summed E-state index contributed by atoms with van der Waals surface area (Å²) in [6, 6.07) is 6.79. The maximum absolute atomic E-state index is 13.3. The summed E-state index contributed by atoms with van der Waals surface area (Å²) in [6.45, 7) is 8.67. The van der Waals surface area contributed by atoms with Gasteiger partial charge in [-0.05, 0) is 64.7 Å². The summed E-state index contributed by atoms with van der Waals surface area (Å²) in [5.74, 6) is 0.00845. The van der Waals surface area contributed by atoms with Crippen molar-refractivity contribution >= 4 is 6.03 Å². The van der Waals surface area contributed by atoms with Crippen LogP contribution in [0.4, 0.5) is 9.18 Å². The molecule has 3 N–H and O–H groups in total. The summed E-state index contributed by atoms with van der Waals surface area (Å²) in [6.07, 6.45) is 2.68. The van der Waals surface area contributed by atoms with Crippen LogP contribution in [0.3, 0.4) is 0 Å². The third-order valence-electron chi connectivity index (χ3n) is 4.91. The van der Waals surface area contributed by atoms with Gasteiger partial charge in [-0.3, -0.25) is 0 Å². The van der Waals surface area contributed by atoms with Crippen LogP contribution in [-0.4, -0.2) is 29.2 Å². The topological polar surface area (TPSA) is 53.2 Å². The first kappa shape index (κ1) is 17.2. The van der Waals surface area contributed by atoms with Gasteiger partial charge in [0.05, 0.1) is 0 Å². The largest absolute Gasteiger partial charge is 0.335 e. The number of hydrogen-bond acceptors (Lipinski definition) is 2. The van der Waals surface area contributed by atoms with Crippen molar-refractivity contribution in [2.24, 2.45) is 0 Å². The van der Waals surface area contributed by atoms with Gasteiger partial charge >= 0.3 is 6.03 Å². The second-order valence-electron chi connectivity index (χ2n) is 8.62. The summed E-state index contributed by atoms with van der Waals surface area (Å²) < 4.78 is 13.3. The Labute approximate surface area is 143 Å². The van der Waals surface area contributed by atoms with Crippen LogP contribution in [0.25, 0.3) is 0 Å². The van der Waals surface area contributed by atoms with Crippen molar-refractivity contribution in [3.05, 3.63) is 35.6 Å². The van der Waals surface area contributed by atoms with E-state index in [1.807, 2.05) is 6.07 Å². The normalized spacial score (nSPS) is 28.2. The minimum Gasteiger partial charge on any atom is -0.335 e. The monoisotopic (exact) mass is 333 g/mol. The molecule has 2 amide bonds. The van der Waals surface area contributed by atoms with Gasteiger partial charge in [-0.15, -0.1) is 0 Å². The van der Waals surface area contributed by atoms with Gasteiger partial charge in [0, 0.05) is 29.1 Å². The molecule has 1 saturated heterocycles. The van der Waals surface area contributed by atoms with Crippen LogP contribution in [0.15, 0.2) is 24.3 Å². The molecular formula is C19H28FN3O. The molecule has 2 atom stereocenters. The first-order valence-electron chi connectivity index (χ1n) is 8.75. The molecule has 1 aliphatic carbocycles. The van der Waals surface area contributed by atoms with Crippen molar-refractivity contribution in [1.29, 1.82) is 0 Å². The number of amides is 2. The molecule has 0 unspecified atom stereocenters. The Kier molecular flexibility index (Phi) is 4.32. The van der Waals surface area contributed by atoms with E-state index in [1.165, 1.54) is 6.07 Å². The highest BCUT2D eigenvalue weighted by atomic mass is 19.1. The molecule has 2 aliphatic rings. The maximum Gasteiger partial charge on any atom is 0.315 e. The predicted octanol–water partition coefficient (Wildman–Crippen LogP) is 3.29. The summed E-state index contributed by atoms with van der Waals surface area (Å²) in [5.41, 5.74) is 0.969. The number of piperidine rings is 1. The summed E-state index contributed by atoms with van der Waals surface area (Å²) >= 11 is 0. The summed E-state index contributed by atoms with van der Waals surface area (Å²) in [4.78, 5) is 12.3. The van der Waals surface area contributed by atoms with Crippen molar-refractivity contribution in [3.8, 4) is 0 Å². The lowest BCUT2D eigenvalue weighted by Crippen LogP contribution is -2.62. The van der Waals surface area contributed by atoms with Crippen molar-refractivity contribution in [2.45, 2.75) is 76.0 Å². The van der Waals surface area contributed by atoms with Gasteiger partial charge in [0.15, 0.2) is 0 Å². The zero-order valence-corrected chi connectivity index (χ0v) is 14.9. The molecule has 4 nitrogen and oxygen atoms in total. The standard InChI is InChI=1S/C19H28FN3O/c1-18(2)10-14(11-19(3,4)23-18)21-17(24)22-16-9-15(16)12-6-5-7-13(20)8-12/h5-8,14-16,23H,9-11H2,1-4H3,(H2,21,22,24)/t15-,16+/m1/s1. The molecule has 1 heterocycles. The molecule has 1 saturated carbocycles. The van der Waals surface area contributed by atoms with E-state index < -0.39 is 0 Å². The number of hydrogen-bond donors (Lipinski definition) is 3. The smallest absolute Gasteiger partial charge is 0.315 e. The molecule has 1 aromatic carbocycles. The molecule has 0 aromatic heterocycles. The van der Waals surface area contributed by atoms with E-state index in [0.29, 0.717) is 0 Å². The van der Waals surface area contributed by atoms with Gasteiger partial charge in [0.25, 0.3) is 0 Å². The van der Waals surface area contributed by atoms with Crippen LogP contribution in [0.5, 0.6) is 0 Å². The quantitative estimate of drug-likeness (QED) is 0.795. The first-order chi connectivity index (χ1) is 11.1. The molecule has 3 rings (SSSR count). The highest BCUT2D eigenvalue weighted by Gasteiger charge is 2.41. The Morgan fingerprint density at radius 2 is 1.83 bits per heavy atom. The van der Waals surface area contributed by atoms with Crippen molar-refractivity contribution in [1.82, 2.24) is 16.0 Å². The van der Waals surface area contributed by atoms with E-state index in [4.69, 9.17) is 0 Å². The number of benzene rings is 1. The van der Waals surface area contributed by atoms with E-state index in [0.717, 1.165) is 24.8 Å². The molecule has 1 aromatic rings. The lowest BCUT2D eigenvalue weighted by Gasteiger charge is -2.46. The molecule has 5 heteroatoms. The lowest BCUT2D eigenvalue weighted by atomic mass is 9.80.